The summed E-state index contributed by atoms with van der Waals surface area (Å²) in [6.07, 6.45) is 1.06. The molecule has 1 amide bonds. The van der Waals surface area contributed by atoms with Gasteiger partial charge in [-0.2, -0.15) is 4.31 Å². The molecule has 29 heavy (non-hydrogen) atoms. The highest BCUT2D eigenvalue weighted by atomic mass is 32.2. The lowest BCUT2D eigenvalue weighted by Gasteiger charge is -2.32. The number of likely N-dealkylation sites (N-methyl/N-ethyl adjacent to an activating group) is 1. The van der Waals surface area contributed by atoms with E-state index in [0.29, 0.717) is 44.9 Å². The number of benzene rings is 1. The molecule has 0 aliphatic carbocycles. The van der Waals surface area contributed by atoms with Gasteiger partial charge >= 0.3 is 5.97 Å². The van der Waals surface area contributed by atoms with Crippen molar-refractivity contribution in [2.24, 2.45) is 5.92 Å². The second-order valence-electron chi connectivity index (χ2n) is 6.74. The van der Waals surface area contributed by atoms with Crippen molar-refractivity contribution in [1.82, 2.24) is 9.21 Å². The summed E-state index contributed by atoms with van der Waals surface area (Å²) in [7, 11) is -3.79. The van der Waals surface area contributed by atoms with Gasteiger partial charge in [0.1, 0.15) is 5.75 Å². The molecule has 0 bridgehead atoms. The van der Waals surface area contributed by atoms with Crippen LogP contribution in [-0.2, 0) is 24.3 Å². The fraction of sp³-hybridized carbons (Fsp3) is 0.600. The second kappa shape index (κ2) is 10.6. The molecular formula is C20H30N2O6S. The van der Waals surface area contributed by atoms with Crippen molar-refractivity contribution >= 4 is 21.9 Å². The SMILES string of the molecule is CCOC(=O)C1CCN(C(=O)CN(CC)S(=O)(=O)c2ccc(OCC)cc2)CC1. The maximum absolute atomic E-state index is 12.9. The third-order valence-corrected chi connectivity index (χ3v) is 6.84. The summed E-state index contributed by atoms with van der Waals surface area (Å²) in [4.78, 5) is 26.2. The predicted molar refractivity (Wildman–Crippen MR) is 108 cm³/mol. The van der Waals surface area contributed by atoms with Crippen LogP contribution >= 0.6 is 0 Å². The van der Waals surface area contributed by atoms with E-state index in [1.807, 2.05) is 6.92 Å². The van der Waals surface area contributed by atoms with E-state index in [0.717, 1.165) is 0 Å². The third kappa shape index (κ3) is 5.93. The number of likely N-dealkylation sites (tertiary alicyclic amines) is 1. The zero-order valence-electron chi connectivity index (χ0n) is 17.3. The van der Waals surface area contributed by atoms with Gasteiger partial charge in [0.25, 0.3) is 0 Å². The van der Waals surface area contributed by atoms with Gasteiger partial charge < -0.3 is 14.4 Å². The first-order valence-electron chi connectivity index (χ1n) is 10.0. The number of sulfonamides is 1. The molecule has 1 aliphatic heterocycles. The molecule has 0 spiro atoms. The largest absolute Gasteiger partial charge is 0.494 e. The van der Waals surface area contributed by atoms with Crippen LogP contribution in [0.15, 0.2) is 29.2 Å². The van der Waals surface area contributed by atoms with E-state index in [4.69, 9.17) is 9.47 Å². The molecule has 1 aliphatic rings. The Hall–Kier alpha value is -2.13. The first kappa shape index (κ1) is 23.2. The van der Waals surface area contributed by atoms with Gasteiger partial charge in [0, 0.05) is 19.6 Å². The first-order chi connectivity index (χ1) is 13.8. The zero-order valence-corrected chi connectivity index (χ0v) is 18.1. The van der Waals surface area contributed by atoms with Crippen LogP contribution in [0.5, 0.6) is 5.75 Å². The molecular weight excluding hydrogens is 396 g/mol. The van der Waals surface area contributed by atoms with Crippen LogP contribution in [0.1, 0.15) is 33.6 Å². The predicted octanol–water partition coefficient (Wildman–Crippen LogP) is 1.90. The number of nitrogens with zero attached hydrogens (tertiary/aromatic N) is 2. The standard InChI is InChI=1S/C20H30N2O6S/c1-4-22(29(25,26)18-9-7-17(8-10-18)27-5-2)15-19(23)21-13-11-16(12-14-21)20(24)28-6-3/h7-10,16H,4-6,11-15H2,1-3H3. The number of esters is 1. The third-order valence-electron chi connectivity index (χ3n) is 4.90. The minimum absolute atomic E-state index is 0.122. The molecule has 0 unspecified atom stereocenters. The highest BCUT2D eigenvalue weighted by Gasteiger charge is 2.31. The fourth-order valence-electron chi connectivity index (χ4n) is 3.27. The lowest BCUT2D eigenvalue weighted by atomic mass is 9.97. The van der Waals surface area contributed by atoms with E-state index in [1.54, 1.807) is 30.9 Å². The van der Waals surface area contributed by atoms with Crippen LogP contribution in [0.25, 0.3) is 0 Å². The number of rotatable bonds is 9. The lowest BCUT2D eigenvalue weighted by Crippen LogP contribution is -2.46. The number of ether oxygens (including phenoxy) is 2. The van der Waals surface area contributed by atoms with Crippen LogP contribution in [0.2, 0.25) is 0 Å². The maximum Gasteiger partial charge on any atom is 0.309 e. The Kier molecular flexibility index (Phi) is 8.45. The van der Waals surface area contributed by atoms with E-state index in [-0.39, 0.29) is 35.8 Å². The molecule has 0 N–H and O–H groups in total. The maximum atomic E-state index is 12.9. The van der Waals surface area contributed by atoms with Gasteiger partial charge in [-0.05, 0) is 51.0 Å². The zero-order chi connectivity index (χ0) is 21.4. The fourth-order valence-corrected chi connectivity index (χ4v) is 4.66. The number of amides is 1. The number of hydrogen-bond acceptors (Lipinski definition) is 6. The molecule has 1 aromatic carbocycles. The minimum Gasteiger partial charge on any atom is -0.494 e. The number of carbonyl (C=O) groups excluding carboxylic acids is 2. The van der Waals surface area contributed by atoms with Gasteiger partial charge in [-0.15, -0.1) is 0 Å². The van der Waals surface area contributed by atoms with Crippen molar-refractivity contribution in [2.75, 3.05) is 39.4 Å². The van der Waals surface area contributed by atoms with E-state index in [9.17, 15) is 18.0 Å². The first-order valence-corrected chi connectivity index (χ1v) is 11.4. The van der Waals surface area contributed by atoms with Crippen LogP contribution in [0, 0.1) is 5.92 Å². The van der Waals surface area contributed by atoms with Crippen LogP contribution < -0.4 is 4.74 Å². The molecule has 1 aromatic rings. The molecule has 0 radical (unpaired) electrons. The normalized spacial score (nSPS) is 15.4. The molecule has 1 fully saturated rings. The van der Waals surface area contributed by atoms with Crippen LogP contribution in [0.4, 0.5) is 0 Å². The smallest absolute Gasteiger partial charge is 0.309 e. The Labute approximate surface area is 172 Å². The molecule has 162 valence electrons. The second-order valence-corrected chi connectivity index (χ2v) is 8.68. The summed E-state index contributed by atoms with van der Waals surface area (Å²) < 4.78 is 37.4. The molecule has 0 atom stereocenters. The minimum atomic E-state index is -3.79. The Morgan fingerprint density at radius 3 is 2.21 bits per heavy atom. The summed E-state index contributed by atoms with van der Waals surface area (Å²) in [5.41, 5.74) is 0. The van der Waals surface area contributed by atoms with Crippen LogP contribution in [0.3, 0.4) is 0 Å². The summed E-state index contributed by atoms with van der Waals surface area (Å²) in [6.45, 7) is 6.95. The van der Waals surface area contributed by atoms with Crippen molar-refractivity contribution in [3.05, 3.63) is 24.3 Å². The molecule has 9 heteroatoms. The van der Waals surface area contributed by atoms with Crippen LogP contribution in [-0.4, -0.2) is 68.9 Å². The van der Waals surface area contributed by atoms with E-state index in [2.05, 4.69) is 0 Å². The molecule has 8 nitrogen and oxygen atoms in total. The number of piperidine rings is 1. The Morgan fingerprint density at radius 2 is 1.69 bits per heavy atom. The van der Waals surface area contributed by atoms with Crippen molar-refractivity contribution in [1.29, 1.82) is 0 Å². The highest BCUT2D eigenvalue weighted by molar-refractivity contribution is 7.89. The summed E-state index contributed by atoms with van der Waals surface area (Å²) in [5.74, 6) is -0.0968. The van der Waals surface area contributed by atoms with Gasteiger partial charge in [0.2, 0.25) is 15.9 Å². The van der Waals surface area contributed by atoms with Gasteiger partial charge in [0.05, 0.1) is 30.6 Å². The Bertz CT molecular complexity index is 786. The molecule has 1 heterocycles. The van der Waals surface area contributed by atoms with Crippen molar-refractivity contribution < 1.29 is 27.5 Å². The summed E-state index contributed by atoms with van der Waals surface area (Å²) in [5, 5.41) is 0. The van der Waals surface area contributed by atoms with Crippen molar-refractivity contribution in [2.45, 2.75) is 38.5 Å². The monoisotopic (exact) mass is 426 g/mol. The van der Waals surface area contributed by atoms with Gasteiger partial charge in [-0.3, -0.25) is 9.59 Å². The van der Waals surface area contributed by atoms with E-state index >= 15 is 0 Å². The van der Waals surface area contributed by atoms with E-state index < -0.39 is 10.0 Å². The van der Waals surface area contributed by atoms with Gasteiger partial charge in [-0.1, -0.05) is 6.92 Å². The van der Waals surface area contributed by atoms with Gasteiger partial charge in [0.15, 0.2) is 0 Å². The summed E-state index contributed by atoms with van der Waals surface area (Å²) >= 11 is 0. The average molecular weight is 427 g/mol. The lowest BCUT2D eigenvalue weighted by molar-refractivity contribution is -0.151. The molecule has 0 aromatic heterocycles. The number of carbonyl (C=O) groups is 2. The molecule has 0 saturated carbocycles. The molecule has 1 saturated heterocycles. The Morgan fingerprint density at radius 1 is 1.07 bits per heavy atom. The van der Waals surface area contributed by atoms with Crippen molar-refractivity contribution in [3.8, 4) is 5.75 Å². The Balaban J connectivity index is 1.99. The number of hydrogen-bond donors (Lipinski definition) is 0. The van der Waals surface area contributed by atoms with Gasteiger partial charge in [-0.25, -0.2) is 8.42 Å². The average Bonchev–Trinajstić information content (AvgIpc) is 2.72. The van der Waals surface area contributed by atoms with Crippen molar-refractivity contribution in [3.63, 3.8) is 0 Å². The quantitative estimate of drug-likeness (QED) is 0.560. The highest BCUT2D eigenvalue weighted by Crippen LogP contribution is 2.22. The topological polar surface area (TPSA) is 93.2 Å². The molecule has 2 rings (SSSR count). The summed E-state index contributed by atoms with van der Waals surface area (Å²) in [6, 6.07) is 6.18. The van der Waals surface area contributed by atoms with E-state index in [1.165, 1.54) is 16.4 Å².